The van der Waals surface area contributed by atoms with Crippen LogP contribution in [-0.2, 0) is 11.2 Å². The fourth-order valence-electron chi connectivity index (χ4n) is 2.57. The lowest BCUT2D eigenvalue weighted by molar-refractivity contribution is -0.0830. The highest BCUT2D eigenvalue weighted by atomic mass is 79.9. The summed E-state index contributed by atoms with van der Waals surface area (Å²) in [5, 5.41) is 3.39. The predicted octanol–water partition coefficient (Wildman–Crippen LogP) is 2.93. The lowest BCUT2D eigenvalue weighted by atomic mass is 9.75. The summed E-state index contributed by atoms with van der Waals surface area (Å²) < 4.78 is 6.72. The molecule has 4 heteroatoms. The van der Waals surface area contributed by atoms with Gasteiger partial charge in [-0.3, -0.25) is 4.98 Å². The molecule has 0 spiro atoms. The summed E-state index contributed by atoms with van der Waals surface area (Å²) in [4.78, 5) is 4.44. The zero-order valence-corrected chi connectivity index (χ0v) is 12.7. The Bertz CT molecular complexity index is 370. The molecule has 3 nitrogen and oxygen atoms in total. The first-order chi connectivity index (χ1) is 8.67. The largest absolute Gasteiger partial charge is 0.378 e. The molecule has 1 heterocycles. The van der Waals surface area contributed by atoms with Gasteiger partial charge in [-0.15, -0.1) is 0 Å². The number of likely N-dealkylation sites (N-methyl/N-ethyl adjacent to an activating group) is 1. The van der Waals surface area contributed by atoms with Crippen LogP contribution in [-0.4, -0.2) is 30.8 Å². The second kappa shape index (κ2) is 6.13. The molecule has 0 bridgehead atoms. The number of nitrogens with zero attached hydrogens (tertiary/aromatic N) is 1. The average Bonchev–Trinajstić information content (AvgIpc) is 2.35. The highest BCUT2D eigenvalue weighted by Crippen LogP contribution is 2.39. The van der Waals surface area contributed by atoms with Crippen LogP contribution in [0.25, 0.3) is 0 Å². The number of hydrogen-bond donors (Lipinski definition) is 1. The van der Waals surface area contributed by atoms with Gasteiger partial charge in [0.25, 0.3) is 0 Å². The first-order valence-electron chi connectivity index (χ1n) is 6.50. The molecule has 1 unspecified atom stereocenters. The van der Waals surface area contributed by atoms with Crippen molar-refractivity contribution < 1.29 is 4.74 Å². The molecule has 1 N–H and O–H groups in total. The molecule has 1 aromatic heterocycles. The molecule has 100 valence electrons. The zero-order valence-electron chi connectivity index (χ0n) is 11.1. The lowest BCUT2D eigenvalue weighted by Crippen LogP contribution is -2.45. The fraction of sp³-hybridized carbons (Fsp3) is 0.643. The van der Waals surface area contributed by atoms with Crippen LogP contribution in [0, 0.1) is 0 Å². The van der Waals surface area contributed by atoms with Gasteiger partial charge in [0.1, 0.15) is 0 Å². The standard InChI is InChI=1S/C14H21BrN2O/c1-16-13(9-14(18-2)6-3-7-14)8-12-5-4-11(15)10-17-12/h4-5,10,13,16H,3,6-9H2,1-2H3. The number of rotatable bonds is 6. The maximum Gasteiger partial charge on any atom is 0.0693 e. The number of ether oxygens (including phenoxy) is 1. The lowest BCUT2D eigenvalue weighted by Gasteiger charge is -2.42. The van der Waals surface area contributed by atoms with Gasteiger partial charge in [-0.05, 0) is 60.8 Å². The molecule has 1 aliphatic rings. The van der Waals surface area contributed by atoms with Crippen molar-refractivity contribution in [3.05, 3.63) is 28.5 Å². The molecule has 1 aliphatic carbocycles. The topological polar surface area (TPSA) is 34.2 Å². The molecular weight excluding hydrogens is 292 g/mol. The van der Waals surface area contributed by atoms with Crippen LogP contribution in [0.5, 0.6) is 0 Å². The SMILES string of the molecule is CNC(Cc1ccc(Br)cn1)CC1(OC)CCC1. The van der Waals surface area contributed by atoms with Crippen LogP contribution in [0.4, 0.5) is 0 Å². The summed E-state index contributed by atoms with van der Waals surface area (Å²) in [5.41, 5.74) is 1.24. The maximum absolute atomic E-state index is 5.70. The summed E-state index contributed by atoms with van der Waals surface area (Å²) in [6.07, 6.45) is 7.55. The van der Waals surface area contributed by atoms with Gasteiger partial charge >= 0.3 is 0 Å². The molecule has 1 atom stereocenters. The molecule has 0 amide bonds. The van der Waals surface area contributed by atoms with Gasteiger partial charge < -0.3 is 10.1 Å². The van der Waals surface area contributed by atoms with E-state index >= 15 is 0 Å². The molecule has 1 aromatic rings. The van der Waals surface area contributed by atoms with Crippen LogP contribution in [0.1, 0.15) is 31.4 Å². The van der Waals surface area contributed by atoms with Gasteiger partial charge in [-0.2, -0.15) is 0 Å². The highest BCUT2D eigenvalue weighted by molar-refractivity contribution is 9.10. The Kier molecular flexibility index (Phi) is 4.76. The second-order valence-corrected chi connectivity index (χ2v) is 6.02. The predicted molar refractivity (Wildman–Crippen MR) is 76.7 cm³/mol. The Labute approximate surface area is 117 Å². The number of nitrogens with one attached hydrogen (secondary N) is 1. The quantitative estimate of drug-likeness (QED) is 0.877. The minimum absolute atomic E-state index is 0.114. The molecule has 1 saturated carbocycles. The van der Waals surface area contributed by atoms with Crippen LogP contribution < -0.4 is 5.32 Å². The third kappa shape index (κ3) is 3.31. The first-order valence-corrected chi connectivity index (χ1v) is 7.29. The number of aromatic nitrogens is 1. The summed E-state index contributed by atoms with van der Waals surface area (Å²) in [5.74, 6) is 0. The molecule has 0 aliphatic heterocycles. The average molecular weight is 313 g/mol. The van der Waals surface area contributed by atoms with Crippen LogP contribution >= 0.6 is 15.9 Å². The van der Waals surface area contributed by atoms with E-state index in [9.17, 15) is 0 Å². The third-order valence-corrected chi connectivity index (χ3v) is 4.44. The van der Waals surface area contributed by atoms with Gasteiger partial charge in [0.05, 0.1) is 5.60 Å². The zero-order chi connectivity index (χ0) is 13.0. The monoisotopic (exact) mass is 312 g/mol. The van der Waals surface area contributed by atoms with Crippen molar-refractivity contribution in [1.82, 2.24) is 10.3 Å². The summed E-state index contributed by atoms with van der Waals surface area (Å²) in [6, 6.07) is 4.55. The molecule has 2 rings (SSSR count). The molecule has 0 radical (unpaired) electrons. The van der Waals surface area contributed by atoms with Gasteiger partial charge in [0, 0.05) is 35.9 Å². The Balaban J connectivity index is 1.94. The van der Waals surface area contributed by atoms with E-state index in [4.69, 9.17) is 4.74 Å². The van der Waals surface area contributed by atoms with Crippen LogP contribution in [0.15, 0.2) is 22.8 Å². The van der Waals surface area contributed by atoms with E-state index in [2.05, 4.69) is 32.3 Å². The molecule has 0 aromatic carbocycles. The number of hydrogen-bond acceptors (Lipinski definition) is 3. The van der Waals surface area contributed by atoms with E-state index < -0.39 is 0 Å². The fourth-order valence-corrected chi connectivity index (χ4v) is 2.80. The van der Waals surface area contributed by atoms with Crippen molar-refractivity contribution in [2.45, 2.75) is 43.7 Å². The van der Waals surface area contributed by atoms with Gasteiger partial charge in [0.2, 0.25) is 0 Å². The third-order valence-electron chi connectivity index (χ3n) is 3.97. The second-order valence-electron chi connectivity index (χ2n) is 5.10. The minimum Gasteiger partial charge on any atom is -0.378 e. The molecule has 0 saturated heterocycles. The van der Waals surface area contributed by atoms with Crippen molar-refractivity contribution in [2.24, 2.45) is 0 Å². The van der Waals surface area contributed by atoms with Crippen LogP contribution in [0.3, 0.4) is 0 Å². The van der Waals surface area contributed by atoms with Crippen molar-refractivity contribution in [3.8, 4) is 0 Å². The summed E-state index contributed by atoms with van der Waals surface area (Å²) in [6.45, 7) is 0. The number of methoxy groups -OCH3 is 1. The Hall–Kier alpha value is -0.450. The Morgan fingerprint density at radius 2 is 2.28 bits per heavy atom. The normalized spacial score (nSPS) is 19.3. The van der Waals surface area contributed by atoms with Crippen molar-refractivity contribution >= 4 is 15.9 Å². The molecule has 18 heavy (non-hydrogen) atoms. The van der Waals surface area contributed by atoms with Crippen LogP contribution in [0.2, 0.25) is 0 Å². The molecular formula is C14H21BrN2O. The smallest absolute Gasteiger partial charge is 0.0693 e. The van der Waals surface area contributed by atoms with E-state index in [1.807, 2.05) is 26.4 Å². The van der Waals surface area contributed by atoms with E-state index in [1.54, 1.807) is 0 Å². The number of pyridine rings is 1. The molecule has 1 fully saturated rings. The van der Waals surface area contributed by atoms with Gasteiger partial charge in [-0.1, -0.05) is 0 Å². The van der Waals surface area contributed by atoms with E-state index in [0.29, 0.717) is 6.04 Å². The number of halogens is 1. The summed E-state index contributed by atoms with van der Waals surface area (Å²) in [7, 11) is 3.86. The Morgan fingerprint density at radius 3 is 2.72 bits per heavy atom. The van der Waals surface area contributed by atoms with Gasteiger partial charge in [-0.25, -0.2) is 0 Å². The first kappa shape index (κ1) is 14.0. The summed E-state index contributed by atoms with van der Waals surface area (Å²) >= 11 is 3.41. The highest BCUT2D eigenvalue weighted by Gasteiger charge is 2.38. The van der Waals surface area contributed by atoms with Crippen molar-refractivity contribution in [2.75, 3.05) is 14.2 Å². The van der Waals surface area contributed by atoms with E-state index in [1.165, 1.54) is 19.3 Å². The van der Waals surface area contributed by atoms with E-state index in [-0.39, 0.29) is 5.60 Å². The maximum atomic E-state index is 5.70. The van der Waals surface area contributed by atoms with E-state index in [0.717, 1.165) is 23.0 Å². The van der Waals surface area contributed by atoms with Crippen molar-refractivity contribution in [3.63, 3.8) is 0 Å². The minimum atomic E-state index is 0.114. The van der Waals surface area contributed by atoms with Gasteiger partial charge in [0.15, 0.2) is 0 Å². The van der Waals surface area contributed by atoms with Crippen molar-refractivity contribution in [1.29, 1.82) is 0 Å². The Morgan fingerprint density at radius 1 is 1.50 bits per heavy atom.